The average molecular weight is 388 g/mol. The standard InChI is InChI=1S/C17H16N4O5S/c1-11-8-17(20-26-11)19-12-2-5-16(18-10-12)21-27(22,23)13-3-4-14-15(9-13)25-7-6-24-14/h2-5,8-10H,6-7H2,1H3,(H,18,21)(H,19,20). The van der Waals surface area contributed by atoms with E-state index in [0.717, 1.165) is 0 Å². The zero-order chi connectivity index (χ0) is 18.9. The summed E-state index contributed by atoms with van der Waals surface area (Å²) in [6.07, 6.45) is 1.49. The van der Waals surface area contributed by atoms with Crippen LogP contribution >= 0.6 is 0 Å². The predicted molar refractivity (Wildman–Crippen MR) is 97.0 cm³/mol. The van der Waals surface area contributed by atoms with E-state index in [1.807, 2.05) is 0 Å². The molecule has 0 atom stereocenters. The summed E-state index contributed by atoms with van der Waals surface area (Å²) in [6.45, 7) is 2.60. The van der Waals surface area contributed by atoms with Gasteiger partial charge in [0.2, 0.25) is 0 Å². The van der Waals surface area contributed by atoms with Gasteiger partial charge in [-0.2, -0.15) is 0 Å². The number of hydrogen-bond donors (Lipinski definition) is 2. The van der Waals surface area contributed by atoms with E-state index < -0.39 is 10.0 Å². The summed E-state index contributed by atoms with van der Waals surface area (Å²) in [5.41, 5.74) is 0.644. The molecule has 0 saturated carbocycles. The van der Waals surface area contributed by atoms with E-state index in [4.69, 9.17) is 14.0 Å². The molecule has 0 amide bonds. The lowest BCUT2D eigenvalue weighted by molar-refractivity contribution is 0.171. The molecule has 9 nitrogen and oxygen atoms in total. The lowest BCUT2D eigenvalue weighted by Crippen LogP contribution is -2.17. The lowest BCUT2D eigenvalue weighted by Gasteiger charge is -2.19. The van der Waals surface area contributed by atoms with Crippen molar-refractivity contribution < 1.29 is 22.4 Å². The molecular weight excluding hydrogens is 372 g/mol. The minimum Gasteiger partial charge on any atom is -0.486 e. The first kappa shape index (κ1) is 17.2. The first-order chi connectivity index (χ1) is 13.0. The number of fused-ring (bicyclic) bond motifs is 1. The minimum absolute atomic E-state index is 0.0637. The Hall–Kier alpha value is -3.27. The number of nitrogens with zero attached hydrogens (tertiary/aromatic N) is 2. The predicted octanol–water partition coefficient (Wildman–Crippen LogP) is 2.69. The van der Waals surface area contributed by atoms with Gasteiger partial charge in [0, 0.05) is 12.1 Å². The number of pyridine rings is 1. The highest BCUT2D eigenvalue weighted by molar-refractivity contribution is 7.92. The number of sulfonamides is 1. The highest BCUT2D eigenvalue weighted by Crippen LogP contribution is 2.32. The van der Waals surface area contributed by atoms with E-state index in [0.29, 0.717) is 42.0 Å². The maximum absolute atomic E-state index is 12.6. The maximum atomic E-state index is 12.6. The Kier molecular flexibility index (Phi) is 4.32. The summed E-state index contributed by atoms with van der Waals surface area (Å²) >= 11 is 0. The van der Waals surface area contributed by atoms with Crippen LogP contribution in [-0.2, 0) is 10.0 Å². The van der Waals surface area contributed by atoms with Crippen molar-refractivity contribution in [1.82, 2.24) is 10.1 Å². The van der Waals surface area contributed by atoms with Crippen molar-refractivity contribution in [2.24, 2.45) is 0 Å². The smallest absolute Gasteiger partial charge is 0.263 e. The van der Waals surface area contributed by atoms with Crippen LogP contribution < -0.4 is 19.5 Å². The molecule has 0 unspecified atom stereocenters. The van der Waals surface area contributed by atoms with E-state index in [1.54, 1.807) is 31.2 Å². The monoisotopic (exact) mass is 388 g/mol. The highest BCUT2D eigenvalue weighted by atomic mass is 32.2. The number of anilines is 3. The van der Waals surface area contributed by atoms with Gasteiger partial charge in [-0.25, -0.2) is 13.4 Å². The molecule has 0 radical (unpaired) electrons. The Morgan fingerprint density at radius 1 is 1.00 bits per heavy atom. The molecule has 0 bridgehead atoms. The summed E-state index contributed by atoms with van der Waals surface area (Å²) in [4.78, 5) is 4.18. The van der Waals surface area contributed by atoms with Crippen molar-refractivity contribution in [3.05, 3.63) is 48.4 Å². The van der Waals surface area contributed by atoms with E-state index >= 15 is 0 Å². The molecule has 0 spiro atoms. The Labute approximate surface area is 155 Å². The van der Waals surface area contributed by atoms with Gasteiger partial charge >= 0.3 is 0 Å². The van der Waals surface area contributed by atoms with Gasteiger partial charge in [0.15, 0.2) is 17.3 Å². The summed E-state index contributed by atoms with van der Waals surface area (Å²) in [5, 5.41) is 6.83. The number of aryl methyl sites for hydroxylation is 1. The lowest BCUT2D eigenvalue weighted by atomic mass is 10.3. The van der Waals surface area contributed by atoms with Crippen molar-refractivity contribution in [2.75, 3.05) is 23.3 Å². The summed E-state index contributed by atoms with van der Waals surface area (Å²) in [7, 11) is -3.81. The Morgan fingerprint density at radius 2 is 1.81 bits per heavy atom. The van der Waals surface area contributed by atoms with Crippen molar-refractivity contribution in [3.8, 4) is 11.5 Å². The second-order valence-corrected chi connectivity index (χ2v) is 7.47. The zero-order valence-electron chi connectivity index (χ0n) is 14.3. The normalized spacial score (nSPS) is 13.2. The zero-order valence-corrected chi connectivity index (χ0v) is 15.1. The molecule has 140 valence electrons. The van der Waals surface area contributed by atoms with Gasteiger partial charge in [-0.15, -0.1) is 0 Å². The fourth-order valence-corrected chi connectivity index (χ4v) is 3.51. The second-order valence-electron chi connectivity index (χ2n) is 5.79. The summed E-state index contributed by atoms with van der Waals surface area (Å²) in [5.74, 6) is 2.33. The van der Waals surface area contributed by atoms with Crippen LogP contribution in [0.25, 0.3) is 0 Å². The van der Waals surface area contributed by atoms with Crippen LogP contribution in [0.5, 0.6) is 11.5 Å². The van der Waals surface area contributed by atoms with Gasteiger partial charge in [-0.3, -0.25) is 4.72 Å². The number of aromatic nitrogens is 2. The quantitative estimate of drug-likeness (QED) is 0.685. The molecule has 1 aliphatic rings. The molecule has 0 fully saturated rings. The topological polar surface area (TPSA) is 116 Å². The number of benzene rings is 1. The number of ether oxygens (including phenoxy) is 2. The molecule has 0 saturated heterocycles. The second kappa shape index (κ2) is 6.80. The molecule has 1 aromatic carbocycles. The van der Waals surface area contributed by atoms with Crippen LogP contribution in [0.2, 0.25) is 0 Å². The van der Waals surface area contributed by atoms with Gasteiger partial charge in [0.25, 0.3) is 10.0 Å². The molecule has 4 rings (SSSR count). The third kappa shape index (κ3) is 3.80. The van der Waals surface area contributed by atoms with Gasteiger partial charge in [-0.05, 0) is 31.2 Å². The molecule has 2 N–H and O–H groups in total. The Balaban J connectivity index is 1.49. The van der Waals surface area contributed by atoms with E-state index in [2.05, 4.69) is 20.2 Å². The van der Waals surface area contributed by atoms with Crippen LogP contribution in [0.15, 0.2) is 52.0 Å². The van der Waals surface area contributed by atoms with Crippen LogP contribution in [0.3, 0.4) is 0 Å². The van der Waals surface area contributed by atoms with Crippen LogP contribution in [0, 0.1) is 6.92 Å². The van der Waals surface area contributed by atoms with Crippen LogP contribution in [-0.4, -0.2) is 31.8 Å². The minimum atomic E-state index is -3.81. The maximum Gasteiger partial charge on any atom is 0.263 e. The van der Waals surface area contributed by atoms with Crippen LogP contribution in [0.4, 0.5) is 17.3 Å². The fourth-order valence-electron chi connectivity index (χ4n) is 2.49. The third-order valence-electron chi connectivity index (χ3n) is 3.73. The van der Waals surface area contributed by atoms with Crippen molar-refractivity contribution in [3.63, 3.8) is 0 Å². The first-order valence-corrected chi connectivity index (χ1v) is 9.57. The van der Waals surface area contributed by atoms with E-state index in [1.165, 1.54) is 18.3 Å². The molecule has 0 aliphatic carbocycles. The summed E-state index contributed by atoms with van der Waals surface area (Å²) in [6, 6.07) is 9.42. The first-order valence-electron chi connectivity index (χ1n) is 8.08. The van der Waals surface area contributed by atoms with Crippen LogP contribution in [0.1, 0.15) is 5.76 Å². The largest absolute Gasteiger partial charge is 0.486 e. The van der Waals surface area contributed by atoms with E-state index in [-0.39, 0.29) is 10.7 Å². The van der Waals surface area contributed by atoms with Gasteiger partial charge < -0.3 is 19.3 Å². The SMILES string of the molecule is Cc1cc(Nc2ccc(NS(=O)(=O)c3ccc4c(c3)OCCO4)nc2)no1. The van der Waals surface area contributed by atoms with Gasteiger partial charge in [0.1, 0.15) is 24.8 Å². The molecule has 3 heterocycles. The van der Waals surface area contributed by atoms with Gasteiger partial charge in [-0.1, -0.05) is 5.16 Å². The summed E-state index contributed by atoms with van der Waals surface area (Å²) < 4.78 is 43.4. The number of hydrogen-bond acceptors (Lipinski definition) is 8. The Morgan fingerprint density at radius 3 is 2.52 bits per heavy atom. The molecule has 27 heavy (non-hydrogen) atoms. The average Bonchev–Trinajstić information content (AvgIpc) is 3.07. The Bertz CT molecular complexity index is 1060. The molecule has 10 heteroatoms. The molecule has 2 aromatic heterocycles. The molecular formula is C17H16N4O5S. The number of rotatable bonds is 5. The van der Waals surface area contributed by atoms with E-state index in [9.17, 15) is 8.42 Å². The third-order valence-corrected chi connectivity index (χ3v) is 5.08. The molecule has 3 aromatic rings. The van der Waals surface area contributed by atoms with Crippen molar-refractivity contribution in [2.45, 2.75) is 11.8 Å². The number of nitrogens with one attached hydrogen (secondary N) is 2. The van der Waals surface area contributed by atoms with Gasteiger partial charge in [0.05, 0.1) is 16.8 Å². The fraction of sp³-hybridized carbons (Fsp3) is 0.176. The highest BCUT2D eigenvalue weighted by Gasteiger charge is 2.20. The van der Waals surface area contributed by atoms with Crippen molar-refractivity contribution in [1.29, 1.82) is 0 Å². The molecule has 1 aliphatic heterocycles. The van der Waals surface area contributed by atoms with Crippen molar-refractivity contribution >= 4 is 27.3 Å².